The lowest BCUT2D eigenvalue weighted by Crippen LogP contribution is -2.05. The number of rotatable bonds is 3. The molecule has 3 N–H and O–H groups in total. The van der Waals surface area contributed by atoms with E-state index in [9.17, 15) is 8.78 Å². The van der Waals surface area contributed by atoms with Gasteiger partial charge in [-0.1, -0.05) is 42.5 Å². The normalized spacial score (nSPS) is 10.8. The van der Waals surface area contributed by atoms with Crippen LogP contribution in [0.25, 0.3) is 10.8 Å². The maximum Gasteiger partial charge on any atom is 0.151 e. The maximum atomic E-state index is 13.7. The molecule has 2 nitrogen and oxygen atoms in total. The van der Waals surface area contributed by atoms with Crippen molar-refractivity contribution in [2.45, 2.75) is 6.54 Å². The van der Waals surface area contributed by atoms with Crippen LogP contribution in [0.15, 0.2) is 54.6 Å². The fourth-order valence-corrected chi connectivity index (χ4v) is 2.39. The van der Waals surface area contributed by atoms with E-state index in [0.29, 0.717) is 6.54 Å². The molecule has 4 heteroatoms. The first-order valence-corrected chi connectivity index (χ1v) is 6.60. The Morgan fingerprint density at radius 1 is 0.905 bits per heavy atom. The van der Waals surface area contributed by atoms with E-state index in [1.165, 1.54) is 0 Å². The molecule has 21 heavy (non-hydrogen) atoms. The molecule has 0 amide bonds. The number of hydrogen-bond donors (Lipinski definition) is 2. The highest BCUT2D eigenvalue weighted by atomic mass is 19.1. The molecule has 0 saturated heterocycles. The summed E-state index contributed by atoms with van der Waals surface area (Å²) in [5.41, 5.74) is 6.29. The number of hydrogen-bond acceptors (Lipinski definition) is 2. The number of nitrogens with two attached hydrogens (primary N) is 1. The molecule has 0 aliphatic carbocycles. The Kier molecular flexibility index (Phi) is 3.44. The number of nitrogen functional groups attached to an aromatic ring is 1. The number of halogens is 2. The van der Waals surface area contributed by atoms with E-state index < -0.39 is 11.6 Å². The van der Waals surface area contributed by atoms with Crippen LogP contribution in [0, 0.1) is 11.6 Å². The minimum atomic E-state index is -0.687. The number of nitrogens with one attached hydrogen (secondary N) is 1. The smallest absolute Gasteiger partial charge is 0.151 e. The van der Waals surface area contributed by atoms with Crippen molar-refractivity contribution in [3.63, 3.8) is 0 Å². The fourth-order valence-electron chi connectivity index (χ4n) is 2.39. The maximum absolute atomic E-state index is 13.7. The molecule has 0 spiro atoms. The van der Waals surface area contributed by atoms with E-state index in [1.807, 2.05) is 42.5 Å². The van der Waals surface area contributed by atoms with Crippen LogP contribution in [-0.2, 0) is 6.54 Å². The predicted molar refractivity (Wildman–Crippen MR) is 82.0 cm³/mol. The van der Waals surface area contributed by atoms with Gasteiger partial charge in [0.2, 0.25) is 0 Å². The van der Waals surface area contributed by atoms with Crippen LogP contribution in [0.5, 0.6) is 0 Å². The van der Waals surface area contributed by atoms with Gasteiger partial charge in [-0.05, 0) is 28.5 Å². The molecule has 0 fully saturated rings. The van der Waals surface area contributed by atoms with Crippen molar-refractivity contribution in [1.82, 2.24) is 0 Å². The van der Waals surface area contributed by atoms with Gasteiger partial charge in [0.05, 0.1) is 0 Å². The molecule has 106 valence electrons. The lowest BCUT2D eigenvalue weighted by molar-refractivity contribution is 0.589. The Morgan fingerprint density at radius 3 is 2.33 bits per heavy atom. The first-order valence-electron chi connectivity index (χ1n) is 6.60. The van der Waals surface area contributed by atoms with Crippen molar-refractivity contribution in [2.75, 3.05) is 11.1 Å². The molecule has 0 atom stereocenters. The second-order valence-electron chi connectivity index (χ2n) is 4.85. The van der Waals surface area contributed by atoms with Crippen LogP contribution >= 0.6 is 0 Å². The van der Waals surface area contributed by atoms with Crippen molar-refractivity contribution in [3.05, 3.63) is 71.8 Å². The second-order valence-corrected chi connectivity index (χ2v) is 4.85. The third kappa shape index (κ3) is 2.65. The SMILES string of the molecule is Nc1cc(F)c(NCc2cccc3ccccc23)c(F)c1. The van der Waals surface area contributed by atoms with Crippen LogP contribution in [0.2, 0.25) is 0 Å². The highest BCUT2D eigenvalue weighted by molar-refractivity contribution is 5.85. The van der Waals surface area contributed by atoms with E-state index in [4.69, 9.17) is 5.73 Å². The summed E-state index contributed by atoms with van der Waals surface area (Å²) in [4.78, 5) is 0. The molecule has 0 aliphatic heterocycles. The van der Waals surface area contributed by atoms with E-state index in [2.05, 4.69) is 5.32 Å². The van der Waals surface area contributed by atoms with Crippen LogP contribution in [0.1, 0.15) is 5.56 Å². The largest absolute Gasteiger partial charge is 0.399 e. The Morgan fingerprint density at radius 2 is 1.57 bits per heavy atom. The number of fused-ring (bicyclic) bond motifs is 1. The highest BCUT2D eigenvalue weighted by Crippen LogP contribution is 2.24. The molecule has 0 bridgehead atoms. The van der Waals surface area contributed by atoms with Crippen molar-refractivity contribution >= 4 is 22.1 Å². The minimum Gasteiger partial charge on any atom is -0.399 e. The van der Waals surface area contributed by atoms with Gasteiger partial charge in [0.1, 0.15) is 5.69 Å². The van der Waals surface area contributed by atoms with Gasteiger partial charge in [0.15, 0.2) is 11.6 Å². The van der Waals surface area contributed by atoms with Crippen molar-refractivity contribution < 1.29 is 8.78 Å². The van der Waals surface area contributed by atoms with Crippen molar-refractivity contribution in [3.8, 4) is 0 Å². The van der Waals surface area contributed by atoms with Gasteiger partial charge in [-0.3, -0.25) is 0 Å². The molecule has 0 radical (unpaired) electrons. The summed E-state index contributed by atoms with van der Waals surface area (Å²) in [5, 5.41) is 4.96. The zero-order chi connectivity index (χ0) is 14.8. The summed E-state index contributed by atoms with van der Waals surface area (Å²) in [6.45, 7) is 0.332. The number of anilines is 2. The lowest BCUT2D eigenvalue weighted by Gasteiger charge is -2.11. The molecule has 0 aliphatic rings. The monoisotopic (exact) mass is 284 g/mol. The third-order valence-corrected chi connectivity index (χ3v) is 3.40. The molecule has 0 aromatic heterocycles. The first-order chi connectivity index (χ1) is 10.1. The second kappa shape index (κ2) is 5.40. The molecule has 3 aromatic carbocycles. The standard InChI is InChI=1S/C17H14F2N2/c18-15-8-13(20)9-16(19)17(15)21-10-12-6-3-5-11-4-1-2-7-14(11)12/h1-9,21H,10,20H2. The molecule has 3 rings (SSSR count). The number of benzene rings is 3. The molecule has 3 aromatic rings. The van der Waals surface area contributed by atoms with Gasteiger partial charge in [0.25, 0.3) is 0 Å². The summed E-state index contributed by atoms with van der Waals surface area (Å²) in [6.07, 6.45) is 0. The summed E-state index contributed by atoms with van der Waals surface area (Å²) >= 11 is 0. The topological polar surface area (TPSA) is 38.0 Å². The predicted octanol–water partition coefficient (Wildman–Crippen LogP) is 4.31. The average Bonchev–Trinajstić information content (AvgIpc) is 2.46. The third-order valence-electron chi connectivity index (χ3n) is 3.40. The Balaban J connectivity index is 1.91. The van der Waals surface area contributed by atoms with Gasteiger partial charge in [-0.25, -0.2) is 8.78 Å². The van der Waals surface area contributed by atoms with E-state index in [0.717, 1.165) is 28.5 Å². The van der Waals surface area contributed by atoms with Gasteiger partial charge in [0, 0.05) is 12.2 Å². The summed E-state index contributed by atoms with van der Waals surface area (Å²) in [6, 6.07) is 16.0. The van der Waals surface area contributed by atoms with Gasteiger partial charge in [-0.2, -0.15) is 0 Å². The van der Waals surface area contributed by atoms with E-state index in [-0.39, 0.29) is 11.4 Å². The summed E-state index contributed by atoms with van der Waals surface area (Å²) in [5.74, 6) is -1.37. The average molecular weight is 284 g/mol. The van der Waals surface area contributed by atoms with Crippen molar-refractivity contribution in [1.29, 1.82) is 0 Å². The lowest BCUT2D eigenvalue weighted by atomic mass is 10.0. The molecule has 0 heterocycles. The summed E-state index contributed by atoms with van der Waals surface area (Å²) in [7, 11) is 0. The van der Waals surface area contributed by atoms with Gasteiger partial charge >= 0.3 is 0 Å². The zero-order valence-corrected chi connectivity index (χ0v) is 11.2. The van der Waals surface area contributed by atoms with E-state index in [1.54, 1.807) is 0 Å². The molecular weight excluding hydrogens is 270 g/mol. The van der Waals surface area contributed by atoms with Crippen LogP contribution in [-0.4, -0.2) is 0 Å². The van der Waals surface area contributed by atoms with Gasteiger partial charge in [-0.15, -0.1) is 0 Å². The molecule has 0 unspecified atom stereocenters. The van der Waals surface area contributed by atoms with Crippen LogP contribution < -0.4 is 11.1 Å². The quantitative estimate of drug-likeness (QED) is 0.703. The van der Waals surface area contributed by atoms with Crippen LogP contribution in [0.3, 0.4) is 0 Å². The molecular formula is C17H14F2N2. The first kappa shape index (κ1) is 13.4. The van der Waals surface area contributed by atoms with Crippen molar-refractivity contribution in [2.24, 2.45) is 0 Å². The fraction of sp³-hybridized carbons (Fsp3) is 0.0588. The summed E-state index contributed by atoms with van der Waals surface area (Å²) < 4.78 is 27.5. The zero-order valence-electron chi connectivity index (χ0n) is 11.2. The molecule has 0 saturated carbocycles. The van der Waals surface area contributed by atoms with Crippen LogP contribution in [0.4, 0.5) is 20.2 Å². The van der Waals surface area contributed by atoms with E-state index >= 15 is 0 Å². The highest BCUT2D eigenvalue weighted by Gasteiger charge is 2.10. The Bertz CT molecular complexity index is 771. The minimum absolute atomic E-state index is 0.0701. The Labute approximate surface area is 121 Å². The Hall–Kier alpha value is -2.62. The van der Waals surface area contributed by atoms with Gasteiger partial charge < -0.3 is 11.1 Å².